The number of nitrogen functional groups attached to an aromatic ring is 1. The molecule has 3 rings (SSSR count). The molecule has 1 aliphatic heterocycles. The van der Waals surface area contributed by atoms with Crippen molar-refractivity contribution in [3.8, 4) is 0 Å². The first-order chi connectivity index (χ1) is 8.59. The molecule has 4 atom stereocenters. The van der Waals surface area contributed by atoms with E-state index in [4.69, 9.17) is 10.5 Å². The molecular formula is C10H13N5O3. The number of hydrogen-bond acceptors (Lipinski definition) is 7. The van der Waals surface area contributed by atoms with Crippen molar-refractivity contribution >= 4 is 17.0 Å². The van der Waals surface area contributed by atoms with Crippen LogP contribution in [0.25, 0.3) is 11.2 Å². The van der Waals surface area contributed by atoms with Gasteiger partial charge in [-0.25, -0.2) is 15.0 Å². The van der Waals surface area contributed by atoms with Crippen LogP contribution >= 0.6 is 0 Å². The molecule has 8 nitrogen and oxygen atoms in total. The van der Waals surface area contributed by atoms with Crippen LogP contribution in [0.1, 0.15) is 13.2 Å². The van der Waals surface area contributed by atoms with E-state index in [-0.39, 0.29) is 5.82 Å². The van der Waals surface area contributed by atoms with Gasteiger partial charge in [-0.05, 0) is 6.92 Å². The van der Waals surface area contributed by atoms with E-state index in [0.717, 1.165) is 0 Å². The third kappa shape index (κ3) is 1.47. The van der Waals surface area contributed by atoms with Crippen molar-refractivity contribution < 1.29 is 14.9 Å². The van der Waals surface area contributed by atoms with Crippen LogP contribution in [0.5, 0.6) is 0 Å². The number of aromatic nitrogens is 4. The first-order valence-electron chi connectivity index (χ1n) is 5.54. The molecular weight excluding hydrogens is 238 g/mol. The summed E-state index contributed by atoms with van der Waals surface area (Å²) in [5.41, 5.74) is 6.59. The van der Waals surface area contributed by atoms with Gasteiger partial charge >= 0.3 is 0 Å². The maximum atomic E-state index is 9.93. The van der Waals surface area contributed by atoms with Gasteiger partial charge in [0.15, 0.2) is 17.7 Å². The number of fused-ring (bicyclic) bond motifs is 1. The van der Waals surface area contributed by atoms with Crippen LogP contribution in [0.3, 0.4) is 0 Å². The van der Waals surface area contributed by atoms with Crippen LogP contribution in [0.2, 0.25) is 0 Å². The Morgan fingerprint density at radius 1 is 1.28 bits per heavy atom. The molecule has 0 aliphatic carbocycles. The minimum absolute atomic E-state index is 0.264. The Balaban J connectivity index is 2.08. The first kappa shape index (κ1) is 11.3. The molecule has 4 N–H and O–H groups in total. The number of nitrogens with two attached hydrogens (primary N) is 1. The van der Waals surface area contributed by atoms with E-state index < -0.39 is 24.5 Å². The van der Waals surface area contributed by atoms with Crippen molar-refractivity contribution in [2.45, 2.75) is 31.5 Å². The van der Waals surface area contributed by atoms with Crippen LogP contribution < -0.4 is 5.73 Å². The van der Waals surface area contributed by atoms with E-state index in [1.165, 1.54) is 12.7 Å². The predicted octanol–water partition coefficient (Wildman–Crippen LogP) is -0.952. The SMILES string of the molecule is C[C@@H]1O[C@H](n2cnc3c(N)ncnc32)[C@H](O)[C@H]1O. The highest BCUT2D eigenvalue weighted by atomic mass is 16.6. The fraction of sp³-hybridized carbons (Fsp3) is 0.500. The summed E-state index contributed by atoms with van der Waals surface area (Å²) in [4.78, 5) is 12.0. The number of aliphatic hydroxyl groups is 2. The molecule has 0 radical (unpaired) electrons. The Hall–Kier alpha value is -1.77. The van der Waals surface area contributed by atoms with Crippen molar-refractivity contribution in [3.05, 3.63) is 12.7 Å². The number of rotatable bonds is 1. The molecule has 0 unspecified atom stereocenters. The molecule has 0 amide bonds. The van der Waals surface area contributed by atoms with E-state index in [1.54, 1.807) is 11.5 Å². The summed E-state index contributed by atoms with van der Waals surface area (Å²) in [5.74, 6) is 0.264. The van der Waals surface area contributed by atoms with Gasteiger partial charge in [0.05, 0.1) is 12.4 Å². The molecule has 0 spiro atoms. The van der Waals surface area contributed by atoms with Gasteiger partial charge in [0, 0.05) is 0 Å². The van der Waals surface area contributed by atoms with Gasteiger partial charge in [-0.15, -0.1) is 0 Å². The summed E-state index contributed by atoms with van der Waals surface area (Å²) in [6.07, 6.45) is -0.373. The Morgan fingerprint density at radius 3 is 2.72 bits per heavy atom. The van der Waals surface area contributed by atoms with Gasteiger partial charge in [0.25, 0.3) is 0 Å². The smallest absolute Gasteiger partial charge is 0.167 e. The zero-order chi connectivity index (χ0) is 12.9. The van der Waals surface area contributed by atoms with Gasteiger partial charge < -0.3 is 20.7 Å². The lowest BCUT2D eigenvalue weighted by molar-refractivity contribution is -0.0299. The van der Waals surface area contributed by atoms with Crippen LogP contribution in [0.4, 0.5) is 5.82 Å². The second-order valence-corrected chi connectivity index (χ2v) is 4.30. The van der Waals surface area contributed by atoms with Crippen LogP contribution in [0.15, 0.2) is 12.7 Å². The Bertz CT molecular complexity index is 586. The highest BCUT2D eigenvalue weighted by molar-refractivity contribution is 5.81. The number of nitrogens with zero attached hydrogens (tertiary/aromatic N) is 4. The lowest BCUT2D eigenvalue weighted by atomic mass is 10.1. The highest BCUT2D eigenvalue weighted by Crippen LogP contribution is 2.31. The lowest BCUT2D eigenvalue weighted by Gasteiger charge is -2.16. The van der Waals surface area contributed by atoms with Crippen LogP contribution in [-0.2, 0) is 4.74 Å². The average Bonchev–Trinajstić information content (AvgIpc) is 2.88. The predicted molar refractivity (Wildman–Crippen MR) is 61.3 cm³/mol. The normalized spacial score (nSPS) is 32.2. The van der Waals surface area contributed by atoms with E-state index >= 15 is 0 Å². The fourth-order valence-electron chi connectivity index (χ4n) is 2.11. The van der Waals surface area contributed by atoms with Crippen molar-refractivity contribution in [1.29, 1.82) is 0 Å². The maximum Gasteiger partial charge on any atom is 0.167 e. The fourth-order valence-corrected chi connectivity index (χ4v) is 2.11. The molecule has 8 heteroatoms. The summed E-state index contributed by atoms with van der Waals surface area (Å²) in [7, 11) is 0. The first-order valence-corrected chi connectivity index (χ1v) is 5.54. The standard InChI is InChI=1S/C10H13N5O3/c1-4-6(16)7(17)10(18-4)15-3-14-5-8(11)12-2-13-9(5)15/h2-4,6-7,10,16-17H,1H3,(H2,11,12,13)/t4-,6-,7+,10-/m0/s1. The summed E-state index contributed by atoms with van der Waals surface area (Å²) in [6.45, 7) is 1.69. The van der Waals surface area contributed by atoms with Gasteiger partial charge in [-0.1, -0.05) is 0 Å². The zero-order valence-electron chi connectivity index (χ0n) is 9.63. The summed E-state index contributed by atoms with van der Waals surface area (Å²) >= 11 is 0. The summed E-state index contributed by atoms with van der Waals surface area (Å²) in [5, 5.41) is 19.6. The Morgan fingerprint density at radius 2 is 2.06 bits per heavy atom. The van der Waals surface area contributed by atoms with E-state index in [1.807, 2.05) is 0 Å². The van der Waals surface area contributed by atoms with Gasteiger partial charge in [0.2, 0.25) is 0 Å². The monoisotopic (exact) mass is 251 g/mol. The number of aliphatic hydroxyl groups excluding tert-OH is 2. The van der Waals surface area contributed by atoms with Crippen molar-refractivity contribution in [1.82, 2.24) is 19.5 Å². The molecule has 2 aromatic rings. The molecule has 2 aromatic heterocycles. The Labute approximate surface area is 102 Å². The topological polar surface area (TPSA) is 119 Å². The van der Waals surface area contributed by atoms with Gasteiger partial charge in [0.1, 0.15) is 24.1 Å². The highest BCUT2D eigenvalue weighted by Gasteiger charge is 2.41. The second-order valence-electron chi connectivity index (χ2n) is 4.30. The zero-order valence-corrected chi connectivity index (χ0v) is 9.63. The molecule has 1 aliphatic rings. The third-order valence-corrected chi connectivity index (χ3v) is 3.14. The molecule has 18 heavy (non-hydrogen) atoms. The molecule has 96 valence electrons. The van der Waals surface area contributed by atoms with Crippen molar-refractivity contribution in [2.24, 2.45) is 0 Å². The molecule has 0 bridgehead atoms. The number of ether oxygens (including phenoxy) is 1. The molecule has 3 heterocycles. The van der Waals surface area contributed by atoms with Crippen molar-refractivity contribution in [2.75, 3.05) is 5.73 Å². The largest absolute Gasteiger partial charge is 0.388 e. The summed E-state index contributed by atoms with van der Waals surface area (Å²) in [6, 6.07) is 0. The second kappa shape index (κ2) is 3.87. The minimum Gasteiger partial charge on any atom is -0.388 e. The number of anilines is 1. The van der Waals surface area contributed by atoms with Crippen LogP contribution in [0, 0.1) is 0 Å². The molecule has 0 aromatic carbocycles. The van der Waals surface area contributed by atoms with Gasteiger partial charge in [-0.2, -0.15) is 0 Å². The quantitative estimate of drug-likeness (QED) is 0.597. The van der Waals surface area contributed by atoms with Crippen molar-refractivity contribution in [3.63, 3.8) is 0 Å². The van der Waals surface area contributed by atoms with Crippen LogP contribution in [-0.4, -0.2) is 48.0 Å². The lowest BCUT2D eigenvalue weighted by Crippen LogP contribution is -2.30. The van der Waals surface area contributed by atoms with E-state index in [0.29, 0.717) is 11.2 Å². The molecule has 0 saturated carbocycles. The molecule has 1 fully saturated rings. The average molecular weight is 251 g/mol. The number of hydrogen-bond donors (Lipinski definition) is 3. The molecule has 1 saturated heterocycles. The minimum atomic E-state index is -1.03. The van der Waals surface area contributed by atoms with E-state index in [2.05, 4.69) is 15.0 Å². The number of imidazole rings is 1. The third-order valence-electron chi connectivity index (χ3n) is 3.14. The maximum absolute atomic E-state index is 9.93. The Kier molecular flexibility index (Phi) is 2.44. The van der Waals surface area contributed by atoms with Gasteiger partial charge in [-0.3, -0.25) is 4.57 Å². The summed E-state index contributed by atoms with van der Waals surface area (Å²) < 4.78 is 7.05. The van der Waals surface area contributed by atoms with E-state index in [9.17, 15) is 10.2 Å².